The van der Waals surface area contributed by atoms with Crippen LogP contribution in [0.25, 0.3) is 16.9 Å². The van der Waals surface area contributed by atoms with Crippen molar-refractivity contribution in [3.63, 3.8) is 0 Å². The molecule has 4 heterocycles. The highest BCUT2D eigenvalue weighted by Crippen LogP contribution is 2.26. The van der Waals surface area contributed by atoms with Crippen LogP contribution in [0.1, 0.15) is 5.56 Å². The summed E-state index contributed by atoms with van der Waals surface area (Å²) in [5.74, 6) is 0.300. The smallest absolute Gasteiger partial charge is 0.278 e. The number of hydrogen-bond acceptors (Lipinski definition) is 10. The maximum absolute atomic E-state index is 13.1. The van der Waals surface area contributed by atoms with Gasteiger partial charge in [0.15, 0.2) is 16.5 Å². The number of primary sulfonamides is 1. The number of likely N-dealkylation sites (N-methyl/N-ethyl adjacent to an activating group) is 1. The van der Waals surface area contributed by atoms with Gasteiger partial charge in [-0.25, -0.2) is 32.9 Å². The number of fused-ring (bicyclic) bond motifs is 1. The van der Waals surface area contributed by atoms with Gasteiger partial charge in [0.25, 0.3) is 15.6 Å². The highest BCUT2D eigenvalue weighted by Gasteiger charge is 2.21. The van der Waals surface area contributed by atoms with Crippen molar-refractivity contribution in [1.82, 2.24) is 29.2 Å². The fourth-order valence-electron chi connectivity index (χ4n) is 4.44. The fourth-order valence-corrected chi connectivity index (χ4v) is 4.93. The third-order valence-electron chi connectivity index (χ3n) is 6.41. The predicted octanol–water partition coefficient (Wildman–Crippen LogP) is 1.18. The van der Waals surface area contributed by atoms with Gasteiger partial charge in [0.05, 0.1) is 17.8 Å². The van der Waals surface area contributed by atoms with E-state index < -0.39 is 15.6 Å². The van der Waals surface area contributed by atoms with Crippen molar-refractivity contribution in [1.29, 1.82) is 5.26 Å². The van der Waals surface area contributed by atoms with Crippen molar-refractivity contribution in [3.8, 4) is 11.9 Å². The minimum absolute atomic E-state index is 0.110. The molecule has 0 aliphatic carbocycles. The van der Waals surface area contributed by atoms with Crippen LogP contribution in [0.3, 0.4) is 0 Å². The molecule has 200 valence electrons. The van der Waals surface area contributed by atoms with Crippen LogP contribution in [0.15, 0.2) is 65.1 Å². The van der Waals surface area contributed by atoms with Gasteiger partial charge in [0.1, 0.15) is 11.5 Å². The Kier molecular flexibility index (Phi) is 6.87. The number of nitrogens with zero attached hydrogens (tertiary/aromatic N) is 8. The Morgan fingerprint density at radius 1 is 1.18 bits per heavy atom. The van der Waals surface area contributed by atoms with E-state index >= 15 is 0 Å². The number of pyridine rings is 1. The topological polar surface area (TPSA) is 168 Å². The van der Waals surface area contributed by atoms with E-state index in [0.29, 0.717) is 11.3 Å². The first-order chi connectivity index (χ1) is 18.7. The van der Waals surface area contributed by atoms with Gasteiger partial charge in [0.2, 0.25) is 5.95 Å². The number of sulfonamides is 1. The minimum Gasteiger partial charge on any atom is -0.368 e. The van der Waals surface area contributed by atoms with Crippen molar-refractivity contribution in [2.24, 2.45) is 5.14 Å². The number of nitrogens with two attached hydrogens (primary N) is 1. The average molecular weight is 547 g/mol. The largest absolute Gasteiger partial charge is 0.368 e. The van der Waals surface area contributed by atoms with Gasteiger partial charge >= 0.3 is 0 Å². The van der Waals surface area contributed by atoms with Crippen LogP contribution < -0.4 is 20.9 Å². The second-order valence-corrected chi connectivity index (χ2v) is 10.6. The first kappa shape index (κ1) is 26.0. The lowest BCUT2D eigenvalue weighted by atomic mass is 10.1. The van der Waals surface area contributed by atoms with Crippen molar-refractivity contribution in [2.75, 3.05) is 43.4 Å². The van der Waals surface area contributed by atoms with E-state index in [9.17, 15) is 18.5 Å². The molecular formula is C25H26N10O3S. The summed E-state index contributed by atoms with van der Waals surface area (Å²) in [6, 6.07) is 12.0. The molecule has 14 heteroatoms. The maximum Gasteiger partial charge on any atom is 0.278 e. The molecule has 0 atom stereocenters. The molecule has 3 aromatic heterocycles. The summed E-state index contributed by atoms with van der Waals surface area (Å²) in [6.45, 7) is 7.31. The van der Waals surface area contributed by atoms with Crippen LogP contribution >= 0.6 is 0 Å². The number of anilines is 3. The summed E-state index contributed by atoms with van der Waals surface area (Å²) >= 11 is 0. The van der Waals surface area contributed by atoms with E-state index in [-0.39, 0.29) is 34.4 Å². The van der Waals surface area contributed by atoms with Gasteiger partial charge in [-0.15, -0.1) is 6.58 Å². The Balaban J connectivity index is 1.55. The zero-order chi connectivity index (χ0) is 27.7. The lowest BCUT2D eigenvalue weighted by molar-refractivity contribution is 0.313. The minimum atomic E-state index is -4.08. The Morgan fingerprint density at radius 3 is 2.64 bits per heavy atom. The number of nitriles is 1. The number of allylic oxidation sites excluding steroid dienone is 1. The SMILES string of the molecule is C=CCn1c(=O)c2cnc(Nc3ccc(N4CCN(C)CC4)c(C#N)c3)nc2n1-c1cccc(S(N)(=O)=O)n1. The number of piperazine rings is 1. The molecule has 0 amide bonds. The van der Waals surface area contributed by atoms with E-state index in [0.717, 1.165) is 31.9 Å². The quantitative estimate of drug-likeness (QED) is 0.321. The van der Waals surface area contributed by atoms with Crippen molar-refractivity contribution in [3.05, 3.63) is 71.2 Å². The molecule has 1 aliphatic heterocycles. The van der Waals surface area contributed by atoms with Gasteiger partial charge in [-0.2, -0.15) is 10.2 Å². The second kappa shape index (κ2) is 10.3. The van der Waals surface area contributed by atoms with Crippen LogP contribution in [0.4, 0.5) is 17.3 Å². The van der Waals surface area contributed by atoms with Crippen LogP contribution in [-0.2, 0) is 16.6 Å². The average Bonchev–Trinajstić information content (AvgIpc) is 3.19. The Labute approximate surface area is 224 Å². The second-order valence-electron chi connectivity index (χ2n) is 9.06. The fraction of sp³-hybridized carbons (Fsp3) is 0.240. The molecule has 39 heavy (non-hydrogen) atoms. The molecule has 1 aliphatic rings. The summed E-state index contributed by atoms with van der Waals surface area (Å²) in [4.78, 5) is 30.6. The highest BCUT2D eigenvalue weighted by molar-refractivity contribution is 7.89. The lowest BCUT2D eigenvalue weighted by Gasteiger charge is -2.34. The van der Waals surface area contributed by atoms with Crippen LogP contribution in [0.2, 0.25) is 0 Å². The zero-order valence-corrected chi connectivity index (χ0v) is 22.0. The number of nitrogens with one attached hydrogen (secondary N) is 1. The molecule has 1 saturated heterocycles. The monoisotopic (exact) mass is 546 g/mol. The van der Waals surface area contributed by atoms with Crippen molar-refractivity contribution >= 4 is 38.4 Å². The summed E-state index contributed by atoms with van der Waals surface area (Å²) in [5, 5.41) is 18.0. The van der Waals surface area contributed by atoms with Crippen LogP contribution in [0.5, 0.6) is 0 Å². The molecule has 5 rings (SSSR count). The third kappa shape index (κ3) is 5.10. The molecular weight excluding hydrogens is 520 g/mol. The van der Waals surface area contributed by atoms with E-state index in [2.05, 4.69) is 49.8 Å². The summed E-state index contributed by atoms with van der Waals surface area (Å²) < 4.78 is 26.5. The molecule has 1 aromatic carbocycles. The normalized spacial score (nSPS) is 14.3. The third-order valence-corrected chi connectivity index (χ3v) is 7.22. The van der Waals surface area contributed by atoms with Gasteiger partial charge in [0, 0.05) is 38.1 Å². The molecule has 0 unspecified atom stereocenters. The number of benzene rings is 1. The lowest BCUT2D eigenvalue weighted by Crippen LogP contribution is -2.44. The summed E-state index contributed by atoms with van der Waals surface area (Å²) in [6.07, 6.45) is 2.91. The molecule has 0 saturated carbocycles. The molecule has 0 bridgehead atoms. The highest BCUT2D eigenvalue weighted by atomic mass is 32.2. The maximum atomic E-state index is 13.1. The van der Waals surface area contributed by atoms with Gasteiger partial charge in [-0.1, -0.05) is 12.1 Å². The van der Waals surface area contributed by atoms with Gasteiger partial charge in [-0.3, -0.25) is 4.79 Å². The van der Waals surface area contributed by atoms with E-state index in [1.807, 2.05) is 12.1 Å². The Bertz CT molecular complexity index is 1780. The van der Waals surface area contributed by atoms with Crippen LogP contribution in [0, 0.1) is 11.3 Å². The van der Waals surface area contributed by atoms with E-state index in [4.69, 9.17) is 5.14 Å². The Hall–Kier alpha value is -4.58. The number of hydrogen-bond donors (Lipinski definition) is 2. The van der Waals surface area contributed by atoms with E-state index in [1.165, 1.54) is 33.8 Å². The predicted molar refractivity (Wildman–Crippen MR) is 147 cm³/mol. The first-order valence-corrected chi connectivity index (χ1v) is 13.6. The molecule has 0 radical (unpaired) electrons. The van der Waals surface area contributed by atoms with Gasteiger partial charge in [-0.05, 0) is 37.4 Å². The molecule has 13 nitrogen and oxygen atoms in total. The molecule has 0 spiro atoms. The summed E-state index contributed by atoms with van der Waals surface area (Å²) in [5.41, 5.74) is 1.78. The van der Waals surface area contributed by atoms with Gasteiger partial charge < -0.3 is 15.1 Å². The van der Waals surface area contributed by atoms with Crippen LogP contribution in [-0.4, -0.2) is 70.9 Å². The summed E-state index contributed by atoms with van der Waals surface area (Å²) in [7, 11) is -2.01. The molecule has 4 aromatic rings. The standard InChI is InChI=1S/C25H26N10O3S/c1-3-9-34-24(36)19-16-28-25(31-23(19)35(34)21-5-4-6-22(30-21)39(27,37)38)29-18-7-8-20(17(14-18)15-26)33-12-10-32(2)11-13-33/h3-8,14,16H,1,9-13H2,2H3,(H2,27,37,38)(H,28,29,31). The molecule has 1 fully saturated rings. The number of aromatic nitrogens is 5. The molecule has 3 N–H and O–H groups in total. The van der Waals surface area contributed by atoms with Crippen molar-refractivity contribution < 1.29 is 8.42 Å². The first-order valence-electron chi connectivity index (χ1n) is 12.0. The van der Waals surface area contributed by atoms with Crippen molar-refractivity contribution in [2.45, 2.75) is 11.6 Å². The zero-order valence-electron chi connectivity index (χ0n) is 21.1. The van der Waals surface area contributed by atoms with E-state index in [1.54, 1.807) is 12.1 Å². The number of rotatable bonds is 7. The Morgan fingerprint density at radius 2 is 1.95 bits per heavy atom.